The van der Waals surface area contributed by atoms with Crippen molar-refractivity contribution in [3.63, 3.8) is 0 Å². The molecule has 3 aliphatic rings. The lowest BCUT2D eigenvalue weighted by Gasteiger charge is -2.36. The molecule has 2 aliphatic carbocycles. The molecule has 0 spiro atoms. The number of nitrogens with one attached hydrogen (secondary N) is 1. The molecule has 2 aromatic rings. The molecule has 47 heavy (non-hydrogen) atoms. The van der Waals surface area contributed by atoms with Gasteiger partial charge in [-0.25, -0.2) is 14.0 Å². The highest BCUT2D eigenvalue weighted by Gasteiger charge is 2.47. The molecule has 3 N–H and O–H groups in total. The molecule has 2 heterocycles. The topological polar surface area (TPSA) is 150 Å². The van der Waals surface area contributed by atoms with Crippen molar-refractivity contribution in [3.05, 3.63) is 30.0 Å². The number of esters is 1. The van der Waals surface area contributed by atoms with Crippen LogP contribution in [0.2, 0.25) is 0 Å². The first-order chi connectivity index (χ1) is 22.5. The third-order valence-electron chi connectivity index (χ3n) is 10.0. The third kappa shape index (κ3) is 8.44. The zero-order valence-corrected chi connectivity index (χ0v) is 27.6. The smallest absolute Gasteiger partial charge is 0.449 e. The number of halogens is 1. The van der Waals surface area contributed by atoms with E-state index >= 15 is 0 Å². The predicted octanol–water partition coefficient (Wildman–Crippen LogP) is 6.34. The number of nitrogens with two attached hydrogens (primary N) is 1. The molecule has 1 aromatic carbocycles. The molecule has 5 rings (SSSR count). The predicted molar refractivity (Wildman–Crippen MR) is 172 cm³/mol. The minimum atomic E-state index is -1.20. The lowest BCUT2D eigenvalue weighted by atomic mass is 9.76. The van der Waals surface area contributed by atoms with Crippen LogP contribution in [0, 0.1) is 23.7 Å². The molecule has 1 aliphatic heterocycles. The van der Waals surface area contributed by atoms with Gasteiger partial charge >= 0.3 is 12.1 Å². The monoisotopic (exact) mass is 657 g/mol. The van der Waals surface area contributed by atoms with Gasteiger partial charge in [0.1, 0.15) is 18.3 Å². The standard InChI is InChI=1S/C35H48FN3O8/c1-20(2)44-35(43)46-21(3)45-34(42)30-18-25-17-26(13-14-29(25)47-30)38-32(40)31-27(22-7-5-4-6-8-22)15-16-39(31)33(41)24-11-9-23(10-12-24)28(37)19-36/h13-14,17-18,20-24,27-28,31H,4-12,15-16,19,37H2,1-3H3,(H,38,40)/t21?,23?,24?,27-,28+,31-/m0/s1. The molecule has 0 radical (unpaired) electrons. The van der Waals surface area contributed by atoms with Crippen LogP contribution >= 0.6 is 0 Å². The number of anilines is 1. The Labute approximate surface area is 275 Å². The van der Waals surface area contributed by atoms with Crippen molar-refractivity contribution in [2.24, 2.45) is 29.4 Å². The second-order valence-electron chi connectivity index (χ2n) is 13.6. The summed E-state index contributed by atoms with van der Waals surface area (Å²) in [6, 6.07) is 5.48. The number of alkyl halides is 1. The maximum atomic E-state index is 14.1. The van der Waals surface area contributed by atoms with Crippen LogP contribution < -0.4 is 11.1 Å². The first-order valence-electron chi connectivity index (χ1n) is 17.1. The van der Waals surface area contributed by atoms with Gasteiger partial charge in [-0.2, -0.15) is 0 Å². The largest absolute Gasteiger partial charge is 0.511 e. The van der Waals surface area contributed by atoms with Gasteiger partial charge in [-0.3, -0.25) is 9.59 Å². The molecule has 11 nitrogen and oxygen atoms in total. The minimum Gasteiger partial charge on any atom is -0.449 e. The number of benzene rings is 1. The zero-order chi connectivity index (χ0) is 33.7. The number of hydrogen-bond donors (Lipinski definition) is 2. The van der Waals surface area contributed by atoms with E-state index < -0.39 is 37.2 Å². The van der Waals surface area contributed by atoms with Gasteiger partial charge in [0.15, 0.2) is 0 Å². The van der Waals surface area contributed by atoms with Crippen LogP contribution in [-0.2, 0) is 23.8 Å². The summed E-state index contributed by atoms with van der Waals surface area (Å²) in [6.07, 6.45) is 6.59. The fourth-order valence-electron chi connectivity index (χ4n) is 7.64. The fraction of sp³-hybridized carbons (Fsp3) is 0.657. The van der Waals surface area contributed by atoms with Gasteiger partial charge in [0.25, 0.3) is 0 Å². The normalized spacial score (nSPS) is 24.9. The van der Waals surface area contributed by atoms with Gasteiger partial charge in [-0.15, -0.1) is 0 Å². The van der Waals surface area contributed by atoms with Gasteiger partial charge in [0.05, 0.1) is 6.10 Å². The molecule has 4 atom stereocenters. The summed E-state index contributed by atoms with van der Waals surface area (Å²) in [7, 11) is 0. The molecular formula is C35H48FN3O8. The number of fused-ring (bicyclic) bond motifs is 1. The van der Waals surface area contributed by atoms with Crippen molar-refractivity contribution in [2.45, 2.75) is 109 Å². The Morgan fingerprint density at radius 2 is 1.68 bits per heavy atom. The van der Waals surface area contributed by atoms with Crippen molar-refractivity contribution in [1.82, 2.24) is 4.90 Å². The lowest BCUT2D eigenvalue weighted by molar-refractivity contribution is -0.142. The summed E-state index contributed by atoms with van der Waals surface area (Å²) in [5.41, 5.74) is 6.87. The SMILES string of the molecule is CC(C)OC(=O)OC(C)OC(=O)c1cc2cc(NC(=O)[C@@H]3[C@H](C4CCCCC4)CCN3C(=O)C3CCC([C@H](N)CF)CC3)ccc2o1. The van der Waals surface area contributed by atoms with Gasteiger partial charge in [0, 0.05) is 36.5 Å². The van der Waals surface area contributed by atoms with E-state index in [4.69, 9.17) is 24.4 Å². The average molecular weight is 658 g/mol. The van der Waals surface area contributed by atoms with E-state index in [2.05, 4.69) is 5.32 Å². The number of carbonyl (C=O) groups is 4. The van der Waals surface area contributed by atoms with Gasteiger partial charge in [-0.1, -0.05) is 32.1 Å². The molecule has 2 saturated carbocycles. The van der Waals surface area contributed by atoms with Gasteiger partial charge in [-0.05, 0) is 88.0 Å². The summed E-state index contributed by atoms with van der Waals surface area (Å²) in [5, 5.41) is 3.61. The van der Waals surface area contributed by atoms with Crippen LogP contribution in [-0.4, -0.2) is 66.5 Å². The number of carbonyl (C=O) groups excluding carboxylic acids is 4. The van der Waals surface area contributed by atoms with Crippen LogP contribution in [0.15, 0.2) is 28.7 Å². The maximum absolute atomic E-state index is 14.1. The Morgan fingerprint density at radius 1 is 0.957 bits per heavy atom. The summed E-state index contributed by atoms with van der Waals surface area (Å²) in [4.78, 5) is 54.2. The Bertz CT molecular complexity index is 1410. The highest BCUT2D eigenvalue weighted by atomic mass is 19.1. The van der Waals surface area contributed by atoms with Crippen molar-refractivity contribution >= 4 is 40.6 Å². The minimum absolute atomic E-state index is 0.0137. The number of hydrogen-bond acceptors (Lipinski definition) is 9. The molecule has 1 unspecified atom stereocenters. The maximum Gasteiger partial charge on any atom is 0.511 e. The van der Waals surface area contributed by atoms with Gasteiger partial charge in [0.2, 0.25) is 23.9 Å². The van der Waals surface area contributed by atoms with Crippen molar-refractivity contribution in [2.75, 3.05) is 18.5 Å². The Hall–Kier alpha value is -3.67. The van der Waals surface area contributed by atoms with Crippen LogP contribution in [0.4, 0.5) is 14.9 Å². The first-order valence-corrected chi connectivity index (χ1v) is 17.1. The van der Waals surface area contributed by atoms with Crippen molar-refractivity contribution in [1.29, 1.82) is 0 Å². The Morgan fingerprint density at radius 3 is 2.36 bits per heavy atom. The first kappa shape index (κ1) is 34.7. The number of ether oxygens (including phenoxy) is 3. The second kappa shape index (κ2) is 15.5. The summed E-state index contributed by atoms with van der Waals surface area (Å²) >= 11 is 0. The van der Waals surface area contributed by atoms with Crippen LogP contribution in [0.5, 0.6) is 0 Å². The molecule has 0 bridgehead atoms. The quantitative estimate of drug-likeness (QED) is 0.220. The van der Waals surface area contributed by atoms with Crippen LogP contribution in [0.25, 0.3) is 11.0 Å². The van der Waals surface area contributed by atoms with E-state index in [-0.39, 0.29) is 41.4 Å². The third-order valence-corrected chi connectivity index (χ3v) is 10.0. The van der Waals surface area contributed by atoms with Crippen molar-refractivity contribution in [3.8, 4) is 0 Å². The van der Waals surface area contributed by atoms with Gasteiger partial charge < -0.3 is 34.6 Å². The van der Waals surface area contributed by atoms with E-state index in [1.54, 1.807) is 36.9 Å². The highest BCUT2D eigenvalue weighted by Crippen LogP contribution is 2.41. The molecule has 12 heteroatoms. The molecule has 3 fully saturated rings. The number of rotatable bonds is 10. The van der Waals surface area contributed by atoms with E-state index in [1.807, 2.05) is 0 Å². The molecule has 258 valence electrons. The number of likely N-dealkylation sites (tertiary alicyclic amines) is 1. The number of furan rings is 1. The fourth-order valence-corrected chi connectivity index (χ4v) is 7.64. The second-order valence-corrected chi connectivity index (χ2v) is 13.6. The van der Waals surface area contributed by atoms with Crippen LogP contribution in [0.1, 0.15) is 95.5 Å². The molecule has 2 amide bonds. The summed E-state index contributed by atoms with van der Waals surface area (Å²) in [5.74, 6) is -0.761. The Kier molecular flexibility index (Phi) is 11.4. The lowest BCUT2D eigenvalue weighted by Crippen LogP contribution is -2.50. The molecule has 1 saturated heterocycles. The van der Waals surface area contributed by atoms with Crippen molar-refractivity contribution < 1.29 is 42.2 Å². The average Bonchev–Trinajstić information content (AvgIpc) is 3.69. The molecule has 1 aromatic heterocycles. The summed E-state index contributed by atoms with van der Waals surface area (Å²) in [6.45, 7) is 4.72. The molecular weight excluding hydrogens is 609 g/mol. The zero-order valence-electron chi connectivity index (χ0n) is 27.6. The summed E-state index contributed by atoms with van der Waals surface area (Å²) < 4.78 is 33.8. The van der Waals surface area contributed by atoms with E-state index in [1.165, 1.54) is 19.4 Å². The number of amides is 2. The van der Waals surface area contributed by atoms with Crippen LogP contribution in [0.3, 0.4) is 0 Å². The highest BCUT2D eigenvalue weighted by molar-refractivity contribution is 6.00. The van der Waals surface area contributed by atoms with E-state index in [0.29, 0.717) is 42.0 Å². The van der Waals surface area contributed by atoms with E-state index in [9.17, 15) is 23.6 Å². The van der Waals surface area contributed by atoms with E-state index in [0.717, 1.165) is 44.9 Å². The Balaban J connectivity index is 1.27. The number of nitrogens with zero attached hydrogens (tertiary/aromatic N) is 1.